The van der Waals surface area contributed by atoms with Gasteiger partial charge in [0.05, 0.1) is 0 Å². The SMILES string of the molecule is Clc1ccc(CNc2ccnc(Cl)c2)cn1. The van der Waals surface area contributed by atoms with Gasteiger partial charge in [0, 0.05) is 24.6 Å². The van der Waals surface area contributed by atoms with Gasteiger partial charge in [0.1, 0.15) is 10.3 Å². The average Bonchev–Trinajstić information content (AvgIpc) is 2.28. The minimum Gasteiger partial charge on any atom is -0.381 e. The minimum atomic E-state index is 0.472. The van der Waals surface area contributed by atoms with Crippen molar-refractivity contribution in [3.05, 3.63) is 52.5 Å². The minimum absolute atomic E-state index is 0.472. The van der Waals surface area contributed by atoms with Crippen molar-refractivity contribution in [2.24, 2.45) is 0 Å². The average molecular weight is 254 g/mol. The maximum atomic E-state index is 5.77. The second-order valence-corrected chi connectivity index (χ2v) is 3.98. The van der Waals surface area contributed by atoms with Crippen LogP contribution in [0.25, 0.3) is 0 Å². The van der Waals surface area contributed by atoms with E-state index in [1.807, 2.05) is 12.1 Å². The number of halogens is 2. The number of pyridine rings is 2. The topological polar surface area (TPSA) is 37.8 Å². The predicted octanol–water partition coefficient (Wildman–Crippen LogP) is 3.40. The van der Waals surface area contributed by atoms with E-state index in [9.17, 15) is 0 Å². The van der Waals surface area contributed by atoms with Crippen LogP contribution in [0.1, 0.15) is 5.56 Å². The molecule has 16 heavy (non-hydrogen) atoms. The van der Waals surface area contributed by atoms with Gasteiger partial charge in [-0.15, -0.1) is 0 Å². The van der Waals surface area contributed by atoms with Gasteiger partial charge < -0.3 is 5.32 Å². The van der Waals surface area contributed by atoms with Crippen LogP contribution in [0.4, 0.5) is 5.69 Å². The van der Waals surface area contributed by atoms with E-state index >= 15 is 0 Å². The van der Waals surface area contributed by atoms with Gasteiger partial charge in [0.2, 0.25) is 0 Å². The summed E-state index contributed by atoms with van der Waals surface area (Å²) in [6.45, 7) is 0.671. The van der Waals surface area contributed by atoms with Crippen molar-refractivity contribution in [3.8, 4) is 0 Å². The van der Waals surface area contributed by atoms with Gasteiger partial charge in [-0.1, -0.05) is 29.3 Å². The summed E-state index contributed by atoms with van der Waals surface area (Å²) in [7, 11) is 0. The van der Waals surface area contributed by atoms with E-state index in [1.54, 1.807) is 24.5 Å². The lowest BCUT2D eigenvalue weighted by molar-refractivity contribution is 1.11. The van der Waals surface area contributed by atoms with Gasteiger partial charge in [0.15, 0.2) is 0 Å². The molecule has 0 spiro atoms. The Hall–Kier alpha value is -1.32. The summed E-state index contributed by atoms with van der Waals surface area (Å²) >= 11 is 11.5. The van der Waals surface area contributed by atoms with Gasteiger partial charge in [0.25, 0.3) is 0 Å². The maximum Gasteiger partial charge on any atom is 0.131 e. The van der Waals surface area contributed by atoms with E-state index < -0.39 is 0 Å². The van der Waals surface area contributed by atoms with Crippen LogP contribution < -0.4 is 5.32 Å². The molecule has 0 saturated carbocycles. The first-order chi connectivity index (χ1) is 7.74. The molecular weight excluding hydrogens is 245 g/mol. The Morgan fingerprint density at radius 2 is 1.94 bits per heavy atom. The van der Waals surface area contributed by atoms with Gasteiger partial charge in [-0.2, -0.15) is 0 Å². The van der Waals surface area contributed by atoms with Crippen LogP contribution in [0.5, 0.6) is 0 Å². The third-order valence-electron chi connectivity index (χ3n) is 2.01. The van der Waals surface area contributed by atoms with Crippen molar-refractivity contribution in [3.63, 3.8) is 0 Å². The molecule has 2 heterocycles. The van der Waals surface area contributed by atoms with Crippen molar-refractivity contribution in [1.82, 2.24) is 9.97 Å². The molecule has 0 unspecified atom stereocenters. The van der Waals surface area contributed by atoms with Gasteiger partial charge in [-0.05, 0) is 23.8 Å². The van der Waals surface area contributed by atoms with E-state index in [4.69, 9.17) is 23.2 Å². The molecule has 82 valence electrons. The molecule has 0 saturated heterocycles. The van der Waals surface area contributed by atoms with Gasteiger partial charge in [-0.3, -0.25) is 0 Å². The van der Waals surface area contributed by atoms with Crippen LogP contribution in [0.2, 0.25) is 10.3 Å². The molecule has 0 fully saturated rings. The smallest absolute Gasteiger partial charge is 0.131 e. The van der Waals surface area contributed by atoms with E-state index in [0.717, 1.165) is 11.3 Å². The molecule has 0 aliphatic rings. The molecule has 0 radical (unpaired) electrons. The highest BCUT2D eigenvalue weighted by Gasteiger charge is 1.96. The number of rotatable bonds is 3. The summed E-state index contributed by atoms with van der Waals surface area (Å²) in [5.74, 6) is 0. The number of aromatic nitrogens is 2. The molecule has 5 heteroatoms. The zero-order valence-corrected chi connectivity index (χ0v) is 9.83. The van der Waals surface area contributed by atoms with Crippen LogP contribution in [0, 0.1) is 0 Å². The van der Waals surface area contributed by atoms with Crippen molar-refractivity contribution in [2.45, 2.75) is 6.54 Å². The fraction of sp³-hybridized carbons (Fsp3) is 0.0909. The fourth-order valence-electron chi connectivity index (χ4n) is 1.23. The largest absolute Gasteiger partial charge is 0.381 e. The van der Waals surface area contributed by atoms with Crippen LogP contribution in [-0.4, -0.2) is 9.97 Å². The number of hydrogen-bond donors (Lipinski definition) is 1. The van der Waals surface area contributed by atoms with Crippen molar-refractivity contribution in [1.29, 1.82) is 0 Å². The molecule has 3 nitrogen and oxygen atoms in total. The Kier molecular flexibility index (Phi) is 3.59. The molecule has 2 rings (SSSR count). The lowest BCUT2D eigenvalue weighted by atomic mass is 10.3. The zero-order valence-electron chi connectivity index (χ0n) is 8.32. The fourth-order valence-corrected chi connectivity index (χ4v) is 1.51. The second kappa shape index (κ2) is 5.14. The Morgan fingerprint density at radius 3 is 2.62 bits per heavy atom. The number of hydrogen-bond acceptors (Lipinski definition) is 3. The van der Waals surface area contributed by atoms with E-state index in [2.05, 4.69) is 15.3 Å². The summed E-state index contributed by atoms with van der Waals surface area (Å²) in [6.07, 6.45) is 3.39. The van der Waals surface area contributed by atoms with Crippen LogP contribution in [-0.2, 0) is 6.54 Å². The molecular formula is C11H9Cl2N3. The van der Waals surface area contributed by atoms with Gasteiger partial charge in [-0.25, -0.2) is 9.97 Å². The van der Waals surface area contributed by atoms with E-state index in [-0.39, 0.29) is 0 Å². The normalized spacial score (nSPS) is 10.1. The van der Waals surface area contributed by atoms with Gasteiger partial charge >= 0.3 is 0 Å². The predicted molar refractivity (Wildman–Crippen MR) is 65.8 cm³/mol. The molecule has 1 N–H and O–H groups in total. The zero-order chi connectivity index (χ0) is 11.4. The first-order valence-electron chi connectivity index (χ1n) is 4.70. The maximum absolute atomic E-state index is 5.77. The second-order valence-electron chi connectivity index (χ2n) is 3.21. The number of anilines is 1. The molecule has 0 amide bonds. The summed E-state index contributed by atoms with van der Waals surface area (Å²) < 4.78 is 0. The summed E-state index contributed by atoms with van der Waals surface area (Å²) in [5.41, 5.74) is 1.98. The Morgan fingerprint density at radius 1 is 1.06 bits per heavy atom. The first-order valence-corrected chi connectivity index (χ1v) is 5.45. The summed E-state index contributed by atoms with van der Waals surface area (Å²) in [4.78, 5) is 7.90. The van der Waals surface area contributed by atoms with E-state index in [1.165, 1.54) is 0 Å². The molecule has 0 aliphatic heterocycles. The van der Waals surface area contributed by atoms with Crippen molar-refractivity contribution in [2.75, 3.05) is 5.32 Å². The Balaban J connectivity index is 1.99. The highest BCUT2D eigenvalue weighted by Crippen LogP contribution is 2.13. The van der Waals surface area contributed by atoms with Crippen LogP contribution in [0.3, 0.4) is 0 Å². The quantitative estimate of drug-likeness (QED) is 0.853. The Bertz CT molecular complexity index is 471. The van der Waals surface area contributed by atoms with Crippen molar-refractivity contribution < 1.29 is 0 Å². The van der Waals surface area contributed by atoms with Crippen LogP contribution in [0.15, 0.2) is 36.7 Å². The molecule has 0 bridgehead atoms. The number of nitrogens with zero attached hydrogens (tertiary/aromatic N) is 2. The lowest BCUT2D eigenvalue weighted by Gasteiger charge is -2.05. The number of nitrogens with one attached hydrogen (secondary N) is 1. The molecule has 2 aromatic rings. The molecule has 0 atom stereocenters. The monoisotopic (exact) mass is 253 g/mol. The third-order valence-corrected chi connectivity index (χ3v) is 2.44. The molecule has 0 aliphatic carbocycles. The lowest BCUT2D eigenvalue weighted by Crippen LogP contribution is -1.99. The first kappa shape index (κ1) is 11.2. The summed E-state index contributed by atoms with van der Waals surface area (Å²) in [5, 5.41) is 4.18. The highest BCUT2D eigenvalue weighted by atomic mass is 35.5. The molecule has 0 aromatic carbocycles. The highest BCUT2D eigenvalue weighted by molar-refractivity contribution is 6.29. The van der Waals surface area contributed by atoms with Crippen LogP contribution >= 0.6 is 23.2 Å². The molecule has 2 aromatic heterocycles. The third kappa shape index (κ3) is 3.08. The Labute approximate surface area is 103 Å². The van der Waals surface area contributed by atoms with Crippen molar-refractivity contribution >= 4 is 28.9 Å². The van der Waals surface area contributed by atoms with E-state index in [0.29, 0.717) is 16.9 Å². The standard InChI is InChI=1S/C11H9Cl2N3/c12-10-2-1-8(7-16-10)6-15-9-3-4-14-11(13)5-9/h1-5,7H,6H2,(H,14,15). The summed E-state index contributed by atoms with van der Waals surface area (Å²) in [6, 6.07) is 7.31.